The van der Waals surface area contributed by atoms with Crippen LogP contribution in [0, 0.1) is 5.92 Å². The smallest absolute Gasteiger partial charge is 0.308 e. The molecule has 2 aromatic carbocycles. The lowest BCUT2D eigenvalue weighted by atomic mass is 9.87. The van der Waals surface area contributed by atoms with Crippen LogP contribution in [-0.4, -0.2) is 51.6 Å². The summed E-state index contributed by atoms with van der Waals surface area (Å²) in [6.07, 6.45) is 5.00. The van der Waals surface area contributed by atoms with Crippen LogP contribution in [-0.2, 0) is 19.4 Å². The van der Waals surface area contributed by atoms with E-state index < -0.39 is 9.84 Å². The molecule has 1 saturated carbocycles. The Bertz CT molecular complexity index is 1150. The van der Waals surface area contributed by atoms with E-state index in [1.165, 1.54) is 24.3 Å². The zero-order chi connectivity index (χ0) is 26.1. The van der Waals surface area contributed by atoms with Crippen molar-refractivity contribution >= 4 is 27.5 Å². The molecule has 0 aliphatic heterocycles. The molecular weight excluding hydrogens is 482 g/mol. The summed E-state index contributed by atoms with van der Waals surface area (Å²) in [7, 11) is -3.31. The molecule has 0 spiro atoms. The van der Waals surface area contributed by atoms with Crippen LogP contribution in [0.1, 0.15) is 66.2 Å². The summed E-state index contributed by atoms with van der Waals surface area (Å²) in [6, 6.07) is 12.8. The molecule has 1 aliphatic rings. The summed E-state index contributed by atoms with van der Waals surface area (Å²) in [4.78, 5) is 36.7. The first-order valence-electron chi connectivity index (χ1n) is 12.2. The Hall–Kier alpha value is -3.20. The molecule has 9 heteroatoms. The predicted molar refractivity (Wildman–Crippen MR) is 135 cm³/mol. The summed E-state index contributed by atoms with van der Waals surface area (Å²) in [5.41, 5.74) is 0.940. The van der Waals surface area contributed by atoms with Gasteiger partial charge in [-0.2, -0.15) is 0 Å². The van der Waals surface area contributed by atoms with E-state index in [1.807, 2.05) is 6.92 Å². The zero-order valence-electron chi connectivity index (χ0n) is 20.7. The first kappa shape index (κ1) is 27.4. The van der Waals surface area contributed by atoms with Crippen molar-refractivity contribution in [1.29, 1.82) is 0 Å². The normalized spacial score (nSPS) is 17.7. The third-order valence-electron chi connectivity index (χ3n) is 6.18. The van der Waals surface area contributed by atoms with Crippen molar-refractivity contribution in [3.63, 3.8) is 0 Å². The average Bonchev–Trinajstić information content (AvgIpc) is 2.87. The standard InChI is InChI=1S/C27H33NO7S/c1-3-34-27(31)21-8-14-23(15-9-21)35-22-12-6-19(7-13-22)25(29)5-4-18-28-26(30)20-10-16-24(17-11-20)36(2,32)33/h6-7,10-13,16-17,21,23H,3-5,8-9,14-15,18H2,1-2H3,(H,28,30). The highest BCUT2D eigenvalue weighted by Gasteiger charge is 2.28. The van der Waals surface area contributed by atoms with Crippen molar-refractivity contribution in [2.24, 2.45) is 5.92 Å². The predicted octanol–water partition coefficient (Wildman–Crippen LogP) is 3.98. The molecule has 194 valence electrons. The van der Waals surface area contributed by atoms with Gasteiger partial charge in [0.1, 0.15) is 5.75 Å². The molecule has 1 amide bonds. The van der Waals surface area contributed by atoms with Crippen LogP contribution in [0.5, 0.6) is 5.75 Å². The fraction of sp³-hybridized carbons (Fsp3) is 0.444. The van der Waals surface area contributed by atoms with E-state index in [2.05, 4.69) is 5.32 Å². The van der Waals surface area contributed by atoms with E-state index in [9.17, 15) is 22.8 Å². The van der Waals surface area contributed by atoms with Gasteiger partial charge in [0.25, 0.3) is 5.91 Å². The third kappa shape index (κ3) is 7.91. The lowest BCUT2D eigenvalue weighted by Gasteiger charge is -2.27. The van der Waals surface area contributed by atoms with Crippen LogP contribution >= 0.6 is 0 Å². The summed E-state index contributed by atoms with van der Waals surface area (Å²) >= 11 is 0. The van der Waals surface area contributed by atoms with Crippen molar-refractivity contribution in [2.45, 2.75) is 56.4 Å². The third-order valence-corrected chi connectivity index (χ3v) is 7.31. The number of carbonyl (C=O) groups excluding carboxylic acids is 3. The molecule has 1 N–H and O–H groups in total. The number of hydrogen-bond acceptors (Lipinski definition) is 7. The fourth-order valence-electron chi connectivity index (χ4n) is 4.14. The van der Waals surface area contributed by atoms with Gasteiger partial charge in [-0.3, -0.25) is 14.4 Å². The summed E-state index contributed by atoms with van der Waals surface area (Å²) in [5, 5.41) is 2.75. The number of esters is 1. The average molecular weight is 516 g/mol. The number of amides is 1. The lowest BCUT2D eigenvalue weighted by molar-refractivity contribution is -0.149. The maximum Gasteiger partial charge on any atom is 0.308 e. The molecule has 1 fully saturated rings. The molecular formula is C27H33NO7S. The minimum Gasteiger partial charge on any atom is -0.490 e. The molecule has 0 atom stereocenters. The van der Waals surface area contributed by atoms with Crippen LogP contribution in [0.15, 0.2) is 53.4 Å². The van der Waals surface area contributed by atoms with E-state index in [4.69, 9.17) is 9.47 Å². The van der Waals surface area contributed by atoms with Crippen molar-refractivity contribution in [1.82, 2.24) is 5.32 Å². The monoisotopic (exact) mass is 515 g/mol. The molecule has 36 heavy (non-hydrogen) atoms. The molecule has 0 aromatic heterocycles. The van der Waals surface area contributed by atoms with Crippen LogP contribution in [0.4, 0.5) is 0 Å². The van der Waals surface area contributed by atoms with Gasteiger partial charge < -0.3 is 14.8 Å². The van der Waals surface area contributed by atoms with Crippen molar-refractivity contribution in [3.05, 3.63) is 59.7 Å². The molecule has 0 heterocycles. The Labute approximate surface area is 212 Å². The minimum atomic E-state index is -3.31. The topological polar surface area (TPSA) is 116 Å². The molecule has 3 rings (SSSR count). The Morgan fingerprint density at radius 3 is 2.11 bits per heavy atom. The number of ether oxygens (including phenoxy) is 2. The van der Waals surface area contributed by atoms with Gasteiger partial charge in [0, 0.05) is 30.3 Å². The van der Waals surface area contributed by atoms with E-state index in [0.717, 1.165) is 31.9 Å². The number of carbonyl (C=O) groups is 3. The second-order valence-corrected chi connectivity index (χ2v) is 11.0. The molecule has 1 aliphatic carbocycles. The van der Waals surface area contributed by atoms with Gasteiger partial charge in [0.2, 0.25) is 0 Å². The number of Topliss-reactive ketones (excluding diaryl/α,β-unsaturated/α-hetero) is 1. The Balaban J connectivity index is 1.38. The minimum absolute atomic E-state index is 0.0248. The van der Waals surface area contributed by atoms with Crippen molar-refractivity contribution in [2.75, 3.05) is 19.4 Å². The summed E-state index contributed by atoms with van der Waals surface area (Å²) < 4.78 is 34.1. The SMILES string of the molecule is CCOC(=O)C1CCC(Oc2ccc(C(=O)CCCNC(=O)c3ccc(S(C)(=O)=O)cc3)cc2)CC1. The molecule has 2 aromatic rings. The highest BCUT2D eigenvalue weighted by atomic mass is 32.2. The van der Waals surface area contributed by atoms with E-state index in [-0.39, 0.29) is 41.0 Å². The molecule has 0 unspecified atom stereocenters. The van der Waals surface area contributed by atoms with Crippen molar-refractivity contribution < 1.29 is 32.3 Å². The van der Waals surface area contributed by atoms with Gasteiger partial charge in [-0.25, -0.2) is 8.42 Å². The number of sulfone groups is 1. The maximum atomic E-state index is 12.5. The largest absolute Gasteiger partial charge is 0.490 e. The second kappa shape index (κ2) is 12.7. The van der Waals surface area contributed by atoms with Gasteiger partial charge >= 0.3 is 5.97 Å². The first-order chi connectivity index (χ1) is 17.2. The number of benzene rings is 2. The van der Waals surface area contributed by atoms with Crippen LogP contribution in [0.25, 0.3) is 0 Å². The molecule has 0 radical (unpaired) electrons. The maximum absolute atomic E-state index is 12.5. The lowest BCUT2D eigenvalue weighted by Crippen LogP contribution is -2.29. The van der Waals surface area contributed by atoms with Crippen LogP contribution in [0.2, 0.25) is 0 Å². The highest BCUT2D eigenvalue weighted by Crippen LogP contribution is 2.28. The Morgan fingerprint density at radius 2 is 1.53 bits per heavy atom. The Kier molecular flexibility index (Phi) is 9.64. The number of rotatable bonds is 11. The van der Waals surface area contributed by atoms with E-state index >= 15 is 0 Å². The quantitative estimate of drug-likeness (QED) is 0.273. The summed E-state index contributed by atoms with van der Waals surface area (Å²) in [6.45, 7) is 2.54. The van der Waals surface area contributed by atoms with Gasteiger partial charge in [-0.15, -0.1) is 0 Å². The van der Waals surface area contributed by atoms with Crippen LogP contribution in [0.3, 0.4) is 0 Å². The zero-order valence-corrected chi connectivity index (χ0v) is 21.5. The summed E-state index contributed by atoms with van der Waals surface area (Å²) in [5.74, 6) is 0.181. The van der Waals surface area contributed by atoms with Gasteiger partial charge in [0.15, 0.2) is 15.6 Å². The second-order valence-electron chi connectivity index (χ2n) is 8.95. The first-order valence-corrected chi connectivity index (χ1v) is 14.1. The highest BCUT2D eigenvalue weighted by molar-refractivity contribution is 7.90. The van der Waals surface area contributed by atoms with Gasteiger partial charge in [0.05, 0.1) is 23.5 Å². The number of nitrogens with one attached hydrogen (secondary N) is 1. The Morgan fingerprint density at radius 1 is 0.917 bits per heavy atom. The van der Waals surface area contributed by atoms with Crippen molar-refractivity contribution in [3.8, 4) is 5.75 Å². The van der Waals surface area contributed by atoms with Crippen LogP contribution < -0.4 is 10.1 Å². The number of ketones is 1. The van der Waals surface area contributed by atoms with Gasteiger partial charge in [-0.05, 0) is 87.6 Å². The fourth-order valence-corrected chi connectivity index (χ4v) is 4.77. The molecule has 8 nitrogen and oxygen atoms in total. The number of hydrogen-bond donors (Lipinski definition) is 1. The van der Waals surface area contributed by atoms with E-state index in [1.54, 1.807) is 24.3 Å². The van der Waals surface area contributed by atoms with Gasteiger partial charge in [-0.1, -0.05) is 0 Å². The molecule has 0 bridgehead atoms. The molecule has 0 saturated heterocycles. The van der Waals surface area contributed by atoms with E-state index in [0.29, 0.717) is 36.4 Å².